The number of benzene rings is 3. The van der Waals surface area contributed by atoms with Gasteiger partial charge in [0.05, 0.1) is 37.3 Å². The number of nitrogens with zero attached hydrogens (tertiary/aromatic N) is 1. The predicted molar refractivity (Wildman–Crippen MR) is 171 cm³/mol. The van der Waals surface area contributed by atoms with Crippen LogP contribution in [0.2, 0.25) is 0 Å². The molecule has 1 aliphatic heterocycles. The van der Waals surface area contributed by atoms with Crippen LogP contribution in [0.15, 0.2) is 72.8 Å². The Morgan fingerprint density at radius 3 is 2.48 bits per heavy atom. The molecular formula is C31H42ClN3O6S. The first-order valence-corrected chi connectivity index (χ1v) is 15.6. The SMILES string of the molecule is CCOc1cc(C(=O)N[C@@H](Cc2ccccc2)[C@@H](O)CNCc2cccc(OC)c2)cc(N2CCCCS2(O)O)c1.Cl. The molecule has 230 valence electrons. The van der Waals surface area contributed by atoms with E-state index in [2.05, 4.69) is 10.6 Å². The van der Waals surface area contributed by atoms with E-state index in [4.69, 9.17) is 9.47 Å². The Bertz CT molecular complexity index is 1280. The van der Waals surface area contributed by atoms with Gasteiger partial charge in [0.1, 0.15) is 11.5 Å². The van der Waals surface area contributed by atoms with Crippen molar-refractivity contribution in [2.45, 2.75) is 44.9 Å². The van der Waals surface area contributed by atoms with Gasteiger partial charge in [-0.3, -0.25) is 18.2 Å². The van der Waals surface area contributed by atoms with Crippen LogP contribution in [0.4, 0.5) is 5.69 Å². The third kappa shape index (κ3) is 9.26. The standard InChI is InChI=1S/C31H41N3O6S.ClH/c1-3-40-28-19-25(18-26(20-28)34-14-7-8-15-41(34,37)38)31(36)33-29(17-23-10-5-4-6-11-23)30(35)22-32-21-24-12-9-13-27(16-24)39-2;/h4-6,9-13,16,18-20,29-30,32,35,37-38H,3,7-8,14-15,17,21-22H2,1-2H3,(H,33,36);1H/t29-,30-;/m0./s1. The summed E-state index contributed by atoms with van der Waals surface area (Å²) >= 11 is 0. The Labute approximate surface area is 256 Å². The molecule has 9 nitrogen and oxygen atoms in total. The Balaban J connectivity index is 0.00000484. The average Bonchev–Trinajstić information content (AvgIpc) is 2.97. The van der Waals surface area contributed by atoms with Crippen molar-refractivity contribution in [1.82, 2.24) is 10.6 Å². The first kappa shape index (κ1) is 33.5. The second kappa shape index (κ2) is 16.0. The molecule has 0 radical (unpaired) electrons. The zero-order valence-corrected chi connectivity index (χ0v) is 25.7. The highest BCUT2D eigenvalue weighted by molar-refractivity contribution is 8.25. The van der Waals surface area contributed by atoms with E-state index in [-0.39, 0.29) is 24.9 Å². The van der Waals surface area contributed by atoms with Gasteiger partial charge in [-0.05, 0) is 61.6 Å². The second-order valence-electron chi connectivity index (χ2n) is 10.1. The van der Waals surface area contributed by atoms with E-state index in [0.717, 1.165) is 29.7 Å². The van der Waals surface area contributed by atoms with E-state index < -0.39 is 22.9 Å². The van der Waals surface area contributed by atoms with E-state index in [1.54, 1.807) is 29.6 Å². The Morgan fingerprint density at radius 2 is 1.76 bits per heavy atom. The van der Waals surface area contributed by atoms with E-state index in [1.165, 1.54) is 0 Å². The van der Waals surface area contributed by atoms with Gasteiger partial charge in [-0.2, -0.15) is 0 Å². The number of hydrogen-bond donors (Lipinski definition) is 5. The molecule has 2 atom stereocenters. The number of halogens is 1. The molecule has 0 aliphatic carbocycles. The summed E-state index contributed by atoms with van der Waals surface area (Å²) in [5.41, 5.74) is 2.85. The molecule has 1 saturated heterocycles. The maximum atomic E-state index is 13.6. The first-order valence-electron chi connectivity index (χ1n) is 14.0. The van der Waals surface area contributed by atoms with Crippen LogP contribution in [0.1, 0.15) is 41.3 Å². The van der Waals surface area contributed by atoms with Crippen molar-refractivity contribution in [3.8, 4) is 11.5 Å². The summed E-state index contributed by atoms with van der Waals surface area (Å²) in [6, 6.07) is 21.9. The number of nitrogens with one attached hydrogen (secondary N) is 2. The summed E-state index contributed by atoms with van der Waals surface area (Å²) in [7, 11) is -1.35. The van der Waals surface area contributed by atoms with E-state index in [1.807, 2.05) is 61.5 Å². The number of hydrogen-bond acceptors (Lipinski definition) is 8. The molecule has 0 saturated carbocycles. The summed E-state index contributed by atoms with van der Waals surface area (Å²) < 4.78 is 34.0. The lowest BCUT2D eigenvalue weighted by atomic mass is 10.00. The molecule has 42 heavy (non-hydrogen) atoms. The highest BCUT2D eigenvalue weighted by Crippen LogP contribution is 2.50. The molecule has 3 aromatic rings. The summed E-state index contributed by atoms with van der Waals surface area (Å²) in [5.74, 6) is 1.14. The van der Waals surface area contributed by atoms with Crippen LogP contribution < -0.4 is 24.4 Å². The van der Waals surface area contributed by atoms with Crippen molar-refractivity contribution >= 4 is 34.8 Å². The molecule has 0 unspecified atom stereocenters. The summed E-state index contributed by atoms with van der Waals surface area (Å²) in [4.78, 5) is 13.6. The first-order chi connectivity index (χ1) is 19.8. The summed E-state index contributed by atoms with van der Waals surface area (Å²) in [5, 5.41) is 17.5. The van der Waals surface area contributed by atoms with Crippen LogP contribution in [-0.2, 0) is 13.0 Å². The number of aliphatic hydroxyl groups is 1. The lowest BCUT2D eigenvalue weighted by molar-refractivity contribution is 0.0829. The third-order valence-corrected chi connectivity index (χ3v) is 8.97. The normalized spacial score (nSPS) is 16.5. The number of methoxy groups -OCH3 is 1. The monoisotopic (exact) mass is 619 g/mol. The Kier molecular flexibility index (Phi) is 12.8. The van der Waals surface area contributed by atoms with Crippen LogP contribution in [0, 0.1) is 0 Å². The van der Waals surface area contributed by atoms with Gasteiger partial charge in [0.25, 0.3) is 5.91 Å². The van der Waals surface area contributed by atoms with Crippen molar-refractivity contribution < 1.29 is 28.5 Å². The van der Waals surface area contributed by atoms with Crippen LogP contribution >= 0.6 is 23.2 Å². The van der Waals surface area contributed by atoms with Gasteiger partial charge in [-0.1, -0.05) is 42.5 Å². The zero-order valence-electron chi connectivity index (χ0n) is 24.1. The largest absolute Gasteiger partial charge is 0.497 e. The van der Waals surface area contributed by atoms with Gasteiger partial charge in [0.2, 0.25) is 0 Å². The zero-order chi connectivity index (χ0) is 29.2. The minimum absolute atomic E-state index is 0. The molecule has 1 fully saturated rings. The van der Waals surface area contributed by atoms with Gasteiger partial charge in [0, 0.05) is 31.3 Å². The number of aliphatic hydroxyl groups excluding tert-OH is 1. The molecule has 0 aromatic heterocycles. The van der Waals surface area contributed by atoms with E-state index in [0.29, 0.717) is 48.9 Å². The van der Waals surface area contributed by atoms with Gasteiger partial charge in [-0.15, -0.1) is 23.2 Å². The van der Waals surface area contributed by atoms with E-state index in [9.17, 15) is 19.0 Å². The van der Waals surface area contributed by atoms with Gasteiger partial charge >= 0.3 is 0 Å². The van der Waals surface area contributed by atoms with Crippen molar-refractivity contribution in [1.29, 1.82) is 0 Å². The van der Waals surface area contributed by atoms with Crippen LogP contribution in [0.3, 0.4) is 0 Å². The maximum Gasteiger partial charge on any atom is 0.251 e. The fourth-order valence-corrected chi connectivity index (χ4v) is 6.58. The molecular weight excluding hydrogens is 578 g/mol. The predicted octanol–water partition coefficient (Wildman–Crippen LogP) is 5.27. The number of rotatable bonds is 13. The van der Waals surface area contributed by atoms with Crippen LogP contribution in [-0.4, -0.2) is 64.8 Å². The quantitative estimate of drug-likeness (QED) is 0.175. The number of amides is 1. The molecule has 1 amide bonds. The smallest absolute Gasteiger partial charge is 0.251 e. The molecule has 1 aliphatic rings. The highest BCUT2D eigenvalue weighted by atomic mass is 35.5. The second-order valence-corrected chi connectivity index (χ2v) is 12.2. The summed E-state index contributed by atoms with van der Waals surface area (Å²) in [6.07, 6.45) is 1.11. The maximum absolute atomic E-state index is 13.6. The molecule has 0 bridgehead atoms. The molecule has 5 N–H and O–H groups in total. The van der Waals surface area contributed by atoms with Crippen molar-refractivity contribution in [2.75, 3.05) is 36.9 Å². The van der Waals surface area contributed by atoms with Crippen molar-refractivity contribution in [3.05, 3.63) is 89.5 Å². The Hall–Kier alpha value is -2.99. The molecule has 1 heterocycles. The van der Waals surface area contributed by atoms with Gasteiger partial charge in [-0.25, -0.2) is 0 Å². The van der Waals surface area contributed by atoms with Gasteiger partial charge in [0.15, 0.2) is 0 Å². The van der Waals surface area contributed by atoms with E-state index >= 15 is 0 Å². The molecule has 11 heteroatoms. The average molecular weight is 620 g/mol. The third-order valence-electron chi connectivity index (χ3n) is 7.03. The molecule has 4 rings (SSSR count). The number of ether oxygens (including phenoxy) is 2. The summed E-state index contributed by atoms with van der Waals surface area (Å²) in [6.45, 7) is 3.52. The van der Waals surface area contributed by atoms with Crippen LogP contribution in [0.5, 0.6) is 11.5 Å². The number of carbonyl (C=O) groups is 1. The lowest BCUT2D eigenvalue weighted by Gasteiger charge is -2.47. The molecule has 3 aromatic carbocycles. The topological polar surface area (TPSA) is 124 Å². The minimum atomic E-state index is -2.98. The number of carbonyl (C=O) groups excluding carboxylic acids is 1. The lowest BCUT2D eigenvalue weighted by Crippen LogP contribution is -2.48. The minimum Gasteiger partial charge on any atom is -0.497 e. The number of anilines is 1. The van der Waals surface area contributed by atoms with Crippen molar-refractivity contribution in [2.24, 2.45) is 0 Å². The fraction of sp³-hybridized carbons (Fsp3) is 0.387. The Morgan fingerprint density at radius 1 is 1.00 bits per heavy atom. The molecule has 0 spiro atoms. The van der Waals surface area contributed by atoms with Crippen molar-refractivity contribution in [3.63, 3.8) is 0 Å². The highest BCUT2D eigenvalue weighted by Gasteiger charge is 2.29. The van der Waals surface area contributed by atoms with Gasteiger partial charge < -0.3 is 25.2 Å². The fourth-order valence-electron chi connectivity index (χ4n) is 4.91. The van der Waals surface area contributed by atoms with Crippen LogP contribution in [0.25, 0.3) is 0 Å².